The van der Waals surface area contributed by atoms with E-state index in [0.717, 1.165) is 24.9 Å². The van der Waals surface area contributed by atoms with Gasteiger partial charge in [0.15, 0.2) is 5.78 Å². The zero-order valence-corrected chi connectivity index (χ0v) is 8.57. The Kier molecular flexibility index (Phi) is 3.02. The monoisotopic (exact) mass is 205 g/mol. The fourth-order valence-corrected chi connectivity index (χ4v) is 1.90. The number of benzene rings is 1. The Bertz CT molecular complexity index is 339. The van der Waals surface area contributed by atoms with Crippen molar-refractivity contribution in [2.75, 3.05) is 6.54 Å². The van der Waals surface area contributed by atoms with Gasteiger partial charge in [-0.1, -0.05) is 12.1 Å². The SMILES string of the molecule is O=C(Cc1ccc(O)cc1)C1CCCN1. The molecule has 80 valence electrons. The van der Waals surface area contributed by atoms with Crippen LogP contribution in [0.1, 0.15) is 18.4 Å². The van der Waals surface area contributed by atoms with Crippen molar-refractivity contribution in [1.82, 2.24) is 5.32 Å². The first kappa shape index (κ1) is 10.2. The van der Waals surface area contributed by atoms with Gasteiger partial charge in [-0.15, -0.1) is 0 Å². The molecule has 0 aliphatic carbocycles. The van der Waals surface area contributed by atoms with Gasteiger partial charge in [-0.3, -0.25) is 4.79 Å². The van der Waals surface area contributed by atoms with Crippen molar-refractivity contribution >= 4 is 5.78 Å². The quantitative estimate of drug-likeness (QED) is 0.781. The highest BCUT2D eigenvalue weighted by molar-refractivity contribution is 5.86. The van der Waals surface area contributed by atoms with Crippen molar-refractivity contribution in [3.05, 3.63) is 29.8 Å². The lowest BCUT2D eigenvalue weighted by Gasteiger charge is -2.08. The van der Waals surface area contributed by atoms with E-state index < -0.39 is 0 Å². The topological polar surface area (TPSA) is 49.3 Å². The second kappa shape index (κ2) is 4.45. The lowest BCUT2D eigenvalue weighted by molar-refractivity contribution is -0.120. The molecule has 0 bridgehead atoms. The number of carbonyl (C=O) groups excluding carboxylic acids is 1. The van der Waals surface area contributed by atoms with Crippen molar-refractivity contribution in [3.63, 3.8) is 0 Å². The number of ketones is 1. The van der Waals surface area contributed by atoms with E-state index in [1.807, 2.05) is 0 Å². The Hall–Kier alpha value is -1.35. The van der Waals surface area contributed by atoms with E-state index in [1.165, 1.54) is 0 Å². The molecule has 3 heteroatoms. The van der Waals surface area contributed by atoms with Crippen LogP contribution in [0.5, 0.6) is 5.75 Å². The Balaban J connectivity index is 1.96. The first-order valence-corrected chi connectivity index (χ1v) is 5.30. The van der Waals surface area contributed by atoms with E-state index >= 15 is 0 Å². The molecule has 1 aromatic carbocycles. The van der Waals surface area contributed by atoms with Crippen molar-refractivity contribution in [2.45, 2.75) is 25.3 Å². The average molecular weight is 205 g/mol. The molecule has 0 aromatic heterocycles. The zero-order valence-electron chi connectivity index (χ0n) is 8.57. The van der Waals surface area contributed by atoms with Gasteiger partial charge in [0.2, 0.25) is 0 Å². The predicted octanol–water partition coefficient (Wildman–Crippen LogP) is 1.26. The standard InChI is InChI=1S/C12H15NO2/c14-10-5-3-9(4-6-10)8-12(15)11-2-1-7-13-11/h3-6,11,13-14H,1-2,7-8H2. The highest BCUT2D eigenvalue weighted by atomic mass is 16.3. The van der Waals surface area contributed by atoms with Crippen LogP contribution in [0.4, 0.5) is 0 Å². The first-order valence-electron chi connectivity index (χ1n) is 5.30. The van der Waals surface area contributed by atoms with Crippen molar-refractivity contribution in [2.24, 2.45) is 0 Å². The number of aromatic hydroxyl groups is 1. The minimum Gasteiger partial charge on any atom is -0.508 e. The number of phenolic OH excluding ortho intramolecular Hbond substituents is 1. The maximum atomic E-state index is 11.8. The summed E-state index contributed by atoms with van der Waals surface area (Å²) < 4.78 is 0. The number of nitrogens with one attached hydrogen (secondary N) is 1. The molecule has 1 aliphatic rings. The van der Waals surface area contributed by atoms with Crippen LogP contribution >= 0.6 is 0 Å². The average Bonchev–Trinajstić information content (AvgIpc) is 2.74. The van der Waals surface area contributed by atoms with E-state index in [1.54, 1.807) is 24.3 Å². The van der Waals surface area contributed by atoms with Gasteiger partial charge in [0, 0.05) is 6.42 Å². The van der Waals surface area contributed by atoms with Gasteiger partial charge >= 0.3 is 0 Å². The molecule has 0 spiro atoms. The lowest BCUT2D eigenvalue weighted by atomic mass is 10.0. The van der Waals surface area contributed by atoms with Crippen LogP contribution in [-0.4, -0.2) is 23.5 Å². The second-order valence-electron chi connectivity index (χ2n) is 3.96. The Morgan fingerprint density at radius 1 is 1.40 bits per heavy atom. The third-order valence-corrected chi connectivity index (χ3v) is 2.76. The number of rotatable bonds is 3. The third-order valence-electron chi connectivity index (χ3n) is 2.76. The van der Waals surface area contributed by atoms with E-state index in [0.29, 0.717) is 6.42 Å². The molecule has 15 heavy (non-hydrogen) atoms. The fraction of sp³-hybridized carbons (Fsp3) is 0.417. The van der Waals surface area contributed by atoms with E-state index in [9.17, 15) is 4.79 Å². The number of hydrogen-bond acceptors (Lipinski definition) is 3. The molecule has 2 N–H and O–H groups in total. The third kappa shape index (κ3) is 2.57. The minimum atomic E-state index is 0.0406. The Labute approximate surface area is 89.1 Å². The summed E-state index contributed by atoms with van der Waals surface area (Å²) in [4.78, 5) is 11.8. The molecule has 0 saturated carbocycles. The maximum Gasteiger partial charge on any atom is 0.154 e. The normalized spacial score (nSPS) is 20.4. The minimum absolute atomic E-state index is 0.0406. The summed E-state index contributed by atoms with van der Waals surface area (Å²) in [6, 6.07) is 6.86. The number of carbonyl (C=O) groups is 1. The molecule has 0 amide bonds. The van der Waals surface area contributed by atoms with Gasteiger partial charge in [-0.25, -0.2) is 0 Å². The summed E-state index contributed by atoms with van der Waals surface area (Å²) >= 11 is 0. The molecular weight excluding hydrogens is 190 g/mol. The maximum absolute atomic E-state index is 11.8. The Morgan fingerprint density at radius 3 is 2.73 bits per heavy atom. The lowest BCUT2D eigenvalue weighted by Crippen LogP contribution is -2.31. The summed E-state index contributed by atoms with van der Waals surface area (Å²) in [5.74, 6) is 0.489. The predicted molar refractivity (Wildman–Crippen MR) is 57.8 cm³/mol. The van der Waals surface area contributed by atoms with Crippen LogP contribution in [0.25, 0.3) is 0 Å². The molecule has 1 unspecified atom stereocenters. The molecule has 1 aliphatic heterocycles. The largest absolute Gasteiger partial charge is 0.508 e. The molecule has 1 atom stereocenters. The van der Waals surface area contributed by atoms with E-state index in [-0.39, 0.29) is 17.6 Å². The van der Waals surface area contributed by atoms with Crippen LogP contribution in [0.3, 0.4) is 0 Å². The van der Waals surface area contributed by atoms with Crippen molar-refractivity contribution in [1.29, 1.82) is 0 Å². The van der Waals surface area contributed by atoms with Crippen LogP contribution < -0.4 is 5.32 Å². The highest BCUT2D eigenvalue weighted by Crippen LogP contribution is 2.13. The summed E-state index contributed by atoms with van der Waals surface area (Å²) in [5, 5.41) is 12.3. The van der Waals surface area contributed by atoms with Gasteiger partial charge in [0.05, 0.1) is 6.04 Å². The summed E-state index contributed by atoms with van der Waals surface area (Å²) in [7, 11) is 0. The van der Waals surface area contributed by atoms with Gasteiger partial charge in [0.25, 0.3) is 0 Å². The first-order chi connectivity index (χ1) is 7.25. The molecule has 2 rings (SSSR count). The smallest absolute Gasteiger partial charge is 0.154 e. The van der Waals surface area contributed by atoms with Crippen LogP contribution in [0, 0.1) is 0 Å². The van der Waals surface area contributed by atoms with E-state index in [2.05, 4.69) is 5.32 Å². The fourth-order valence-electron chi connectivity index (χ4n) is 1.90. The van der Waals surface area contributed by atoms with Crippen LogP contribution in [0.15, 0.2) is 24.3 Å². The molecular formula is C12H15NO2. The molecule has 3 nitrogen and oxygen atoms in total. The van der Waals surface area contributed by atoms with Crippen LogP contribution in [-0.2, 0) is 11.2 Å². The van der Waals surface area contributed by atoms with Gasteiger partial charge < -0.3 is 10.4 Å². The molecule has 1 aromatic rings. The highest BCUT2D eigenvalue weighted by Gasteiger charge is 2.21. The number of hydrogen-bond donors (Lipinski definition) is 2. The summed E-state index contributed by atoms with van der Waals surface area (Å²) in [5.41, 5.74) is 0.964. The Morgan fingerprint density at radius 2 is 2.13 bits per heavy atom. The summed E-state index contributed by atoms with van der Waals surface area (Å²) in [6.45, 7) is 0.950. The van der Waals surface area contributed by atoms with E-state index in [4.69, 9.17) is 5.11 Å². The number of Topliss-reactive ketones (excluding diaryl/α,β-unsaturated/α-hetero) is 1. The number of phenols is 1. The van der Waals surface area contributed by atoms with Crippen molar-refractivity contribution in [3.8, 4) is 5.75 Å². The van der Waals surface area contributed by atoms with Crippen molar-refractivity contribution < 1.29 is 9.90 Å². The molecule has 1 fully saturated rings. The van der Waals surface area contributed by atoms with Gasteiger partial charge in [-0.05, 0) is 37.1 Å². The molecule has 1 saturated heterocycles. The van der Waals surface area contributed by atoms with Crippen LogP contribution in [0.2, 0.25) is 0 Å². The molecule has 1 heterocycles. The van der Waals surface area contributed by atoms with Gasteiger partial charge in [-0.2, -0.15) is 0 Å². The van der Waals surface area contributed by atoms with Gasteiger partial charge in [0.1, 0.15) is 5.75 Å². The summed E-state index contributed by atoms with van der Waals surface area (Å²) in [6.07, 6.45) is 2.50. The molecule has 0 radical (unpaired) electrons. The second-order valence-corrected chi connectivity index (χ2v) is 3.96. The zero-order chi connectivity index (χ0) is 10.7.